The minimum Gasteiger partial charge on any atom is -0.441 e. The van der Waals surface area contributed by atoms with Gasteiger partial charge >= 0.3 is 0 Å². The smallest absolute Gasteiger partial charge is 0.226 e. The number of thiazole rings is 1. The lowest BCUT2D eigenvalue weighted by Gasteiger charge is -2.33. The van der Waals surface area contributed by atoms with E-state index < -0.39 is 0 Å². The molecule has 0 spiro atoms. The highest BCUT2D eigenvalue weighted by Crippen LogP contribution is 2.19. The molecule has 0 amide bonds. The summed E-state index contributed by atoms with van der Waals surface area (Å²) in [7, 11) is 0. The molecule has 0 aliphatic carbocycles. The number of hydrogen-bond acceptors (Lipinski definition) is 6. The first kappa shape index (κ1) is 13.9. The topological polar surface area (TPSA) is 45.4 Å². The summed E-state index contributed by atoms with van der Waals surface area (Å²) < 4.78 is 5.81. The first-order valence-corrected chi connectivity index (χ1v) is 8.46. The first-order chi connectivity index (χ1) is 10.9. The molecule has 0 radical (unpaired) electrons. The molecule has 6 heteroatoms. The van der Waals surface area contributed by atoms with Crippen LogP contribution in [-0.4, -0.2) is 45.9 Å². The van der Waals surface area contributed by atoms with Gasteiger partial charge < -0.3 is 4.42 Å². The summed E-state index contributed by atoms with van der Waals surface area (Å²) in [4.78, 5) is 13.5. The highest BCUT2D eigenvalue weighted by molar-refractivity contribution is 7.07. The summed E-state index contributed by atoms with van der Waals surface area (Å²) in [5.41, 5.74) is 3.82. The van der Waals surface area contributed by atoms with Gasteiger partial charge in [0.1, 0.15) is 5.76 Å². The van der Waals surface area contributed by atoms with Crippen molar-refractivity contribution in [1.29, 1.82) is 0 Å². The second-order valence-corrected chi connectivity index (χ2v) is 6.36. The number of pyridine rings is 1. The highest BCUT2D eigenvalue weighted by atomic mass is 32.1. The van der Waals surface area contributed by atoms with Gasteiger partial charge in [-0.1, -0.05) is 0 Å². The van der Waals surface area contributed by atoms with Crippen LogP contribution >= 0.6 is 11.3 Å². The van der Waals surface area contributed by atoms with Crippen molar-refractivity contribution in [3.63, 3.8) is 0 Å². The Morgan fingerprint density at radius 2 is 1.91 bits per heavy atom. The fourth-order valence-electron chi connectivity index (χ4n) is 2.87. The Balaban J connectivity index is 1.33. The van der Waals surface area contributed by atoms with E-state index in [0.717, 1.165) is 56.1 Å². The van der Waals surface area contributed by atoms with E-state index in [-0.39, 0.29) is 0 Å². The van der Waals surface area contributed by atoms with Crippen LogP contribution in [0, 0.1) is 0 Å². The summed E-state index contributed by atoms with van der Waals surface area (Å²) in [6.07, 6.45) is 1.77. The Hall–Kier alpha value is -1.76. The van der Waals surface area contributed by atoms with Crippen molar-refractivity contribution in [2.45, 2.75) is 13.1 Å². The maximum atomic E-state index is 5.81. The Morgan fingerprint density at radius 1 is 1.09 bits per heavy atom. The second-order valence-electron chi connectivity index (χ2n) is 5.64. The molecular weight excluding hydrogens is 296 g/mol. The van der Waals surface area contributed by atoms with Crippen molar-refractivity contribution in [3.05, 3.63) is 46.7 Å². The molecule has 4 rings (SSSR count). The van der Waals surface area contributed by atoms with Gasteiger partial charge in [-0.3, -0.25) is 9.80 Å². The molecule has 0 aromatic carbocycles. The predicted octanol–water partition coefficient (Wildman–Crippen LogP) is 2.60. The Morgan fingerprint density at radius 3 is 2.64 bits per heavy atom. The minimum atomic E-state index is 0.736. The van der Waals surface area contributed by atoms with Gasteiger partial charge in [0.15, 0.2) is 0 Å². The van der Waals surface area contributed by atoms with Gasteiger partial charge in [-0.15, -0.1) is 11.3 Å². The molecule has 22 heavy (non-hydrogen) atoms. The summed E-state index contributed by atoms with van der Waals surface area (Å²) in [6, 6.07) is 6.09. The molecule has 0 N–H and O–H groups in total. The van der Waals surface area contributed by atoms with Crippen LogP contribution in [0.3, 0.4) is 0 Å². The number of furan rings is 1. The van der Waals surface area contributed by atoms with Gasteiger partial charge in [-0.25, -0.2) is 9.97 Å². The molecule has 0 saturated carbocycles. The SMILES string of the molecule is c1cnc2oc(CN3CCN(Cc4cscn4)CC3)cc2c1. The predicted molar refractivity (Wildman–Crippen MR) is 86.7 cm³/mol. The van der Waals surface area contributed by atoms with Gasteiger partial charge in [0.25, 0.3) is 0 Å². The average molecular weight is 314 g/mol. The van der Waals surface area contributed by atoms with Crippen LogP contribution in [0.5, 0.6) is 0 Å². The fraction of sp³-hybridized carbons (Fsp3) is 0.375. The van der Waals surface area contributed by atoms with Crippen LogP contribution in [0.4, 0.5) is 0 Å². The molecule has 5 nitrogen and oxygen atoms in total. The van der Waals surface area contributed by atoms with Gasteiger partial charge in [-0.05, 0) is 18.2 Å². The fourth-order valence-corrected chi connectivity index (χ4v) is 3.42. The van der Waals surface area contributed by atoms with Crippen LogP contribution in [0.15, 0.2) is 39.7 Å². The van der Waals surface area contributed by atoms with Crippen molar-refractivity contribution in [3.8, 4) is 0 Å². The molecule has 114 valence electrons. The van der Waals surface area contributed by atoms with E-state index in [1.54, 1.807) is 17.5 Å². The molecule has 0 atom stereocenters. The standard InChI is InChI=1S/C16H18N4OS/c1-2-13-8-15(21-16(13)17-3-1)10-20-6-4-19(5-7-20)9-14-11-22-12-18-14/h1-3,8,11-12H,4-7,9-10H2. The van der Waals surface area contributed by atoms with Crippen molar-refractivity contribution in [1.82, 2.24) is 19.8 Å². The maximum Gasteiger partial charge on any atom is 0.226 e. The Kier molecular flexibility index (Phi) is 3.88. The number of hydrogen-bond donors (Lipinski definition) is 0. The number of aromatic nitrogens is 2. The largest absolute Gasteiger partial charge is 0.441 e. The molecule has 4 heterocycles. The molecule has 1 aliphatic heterocycles. The lowest BCUT2D eigenvalue weighted by molar-refractivity contribution is 0.115. The van der Waals surface area contributed by atoms with E-state index in [4.69, 9.17) is 4.42 Å². The van der Waals surface area contributed by atoms with Crippen molar-refractivity contribution in [2.24, 2.45) is 0 Å². The van der Waals surface area contributed by atoms with E-state index in [1.165, 1.54) is 5.69 Å². The molecule has 3 aromatic rings. The van der Waals surface area contributed by atoms with Crippen molar-refractivity contribution >= 4 is 22.4 Å². The number of fused-ring (bicyclic) bond motifs is 1. The van der Waals surface area contributed by atoms with E-state index in [1.807, 2.05) is 17.6 Å². The number of nitrogens with zero attached hydrogens (tertiary/aromatic N) is 4. The zero-order chi connectivity index (χ0) is 14.8. The van der Waals surface area contributed by atoms with Gasteiger partial charge in [0.2, 0.25) is 5.71 Å². The summed E-state index contributed by atoms with van der Waals surface area (Å²) in [6.45, 7) is 6.11. The van der Waals surface area contributed by atoms with Gasteiger partial charge in [0.05, 0.1) is 17.7 Å². The van der Waals surface area contributed by atoms with E-state index >= 15 is 0 Å². The molecule has 3 aromatic heterocycles. The third kappa shape index (κ3) is 3.04. The summed E-state index contributed by atoms with van der Waals surface area (Å²) in [5.74, 6) is 1.00. The van der Waals surface area contributed by atoms with E-state index in [2.05, 4.69) is 31.2 Å². The van der Waals surface area contributed by atoms with Crippen molar-refractivity contribution < 1.29 is 4.42 Å². The van der Waals surface area contributed by atoms with Gasteiger partial charge in [-0.2, -0.15) is 0 Å². The summed E-state index contributed by atoms with van der Waals surface area (Å²) >= 11 is 1.67. The first-order valence-electron chi connectivity index (χ1n) is 7.52. The second kappa shape index (κ2) is 6.16. The average Bonchev–Trinajstić information content (AvgIpc) is 3.18. The molecular formula is C16H18N4OS. The number of piperazine rings is 1. The lowest BCUT2D eigenvalue weighted by atomic mass is 10.2. The van der Waals surface area contributed by atoms with Crippen LogP contribution in [0.25, 0.3) is 11.1 Å². The molecule has 1 fully saturated rings. The summed E-state index contributed by atoms with van der Waals surface area (Å²) in [5, 5.41) is 3.22. The van der Waals surface area contributed by atoms with Crippen LogP contribution in [0.1, 0.15) is 11.5 Å². The Bertz CT molecular complexity index is 699. The molecule has 1 saturated heterocycles. The zero-order valence-corrected chi connectivity index (χ0v) is 13.1. The van der Waals surface area contributed by atoms with Crippen LogP contribution < -0.4 is 0 Å². The lowest BCUT2D eigenvalue weighted by Crippen LogP contribution is -2.45. The molecule has 0 unspecified atom stereocenters. The molecule has 0 bridgehead atoms. The normalized spacial score (nSPS) is 17.3. The minimum absolute atomic E-state index is 0.736. The third-order valence-corrected chi connectivity index (χ3v) is 4.69. The van der Waals surface area contributed by atoms with Crippen LogP contribution in [-0.2, 0) is 13.1 Å². The monoisotopic (exact) mass is 314 g/mol. The Labute approximate surface area is 133 Å². The quantitative estimate of drug-likeness (QED) is 0.741. The zero-order valence-electron chi connectivity index (χ0n) is 12.3. The van der Waals surface area contributed by atoms with E-state index in [9.17, 15) is 0 Å². The maximum absolute atomic E-state index is 5.81. The highest BCUT2D eigenvalue weighted by Gasteiger charge is 2.18. The van der Waals surface area contributed by atoms with Gasteiger partial charge in [0, 0.05) is 49.7 Å². The van der Waals surface area contributed by atoms with Crippen molar-refractivity contribution in [2.75, 3.05) is 26.2 Å². The number of rotatable bonds is 4. The molecule has 1 aliphatic rings. The van der Waals surface area contributed by atoms with Crippen LogP contribution in [0.2, 0.25) is 0 Å². The van der Waals surface area contributed by atoms with E-state index in [0.29, 0.717) is 0 Å². The third-order valence-electron chi connectivity index (χ3n) is 4.06.